The van der Waals surface area contributed by atoms with Gasteiger partial charge in [0.2, 0.25) is 17.6 Å². The number of nitrogens with zero attached hydrogens (tertiary/aromatic N) is 4. The lowest BCUT2D eigenvalue weighted by Gasteiger charge is -2.31. The zero-order chi connectivity index (χ0) is 25.6. The monoisotopic (exact) mass is 521 g/mol. The molecule has 0 saturated carbocycles. The third-order valence-corrected chi connectivity index (χ3v) is 7.66. The molecule has 2 aliphatic rings. The van der Waals surface area contributed by atoms with Crippen molar-refractivity contribution in [2.45, 2.75) is 52.2 Å². The zero-order valence-corrected chi connectivity index (χ0v) is 22.3. The van der Waals surface area contributed by atoms with E-state index in [2.05, 4.69) is 56.4 Å². The molecule has 0 spiro atoms. The predicted molar refractivity (Wildman–Crippen MR) is 145 cm³/mol. The first-order valence-electron chi connectivity index (χ1n) is 13.4. The van der Waals surface area contributed by atoms with Gasteiger partial charge in [-0.1, -0.05) is 47.9 Å². The van der Waals surface area contributed by atoms with E-state index in [1.165, 1.54) is 31.5 Å². The first kappa shape index (κ1) is 25.9. The summed E-state index contributed by atoms with van der Waals surface area (Å²) in [4.78, 5) is 22.3. The average Bonchev–Trinajstić information content (AvgIpc) is 3.36. The zero-order valence-electron chi connectivity index (χ0n) is 21.5. The van der Waals surface area contributed by atoms with E-state index in [-0.39, 0.29) is 11.8 Å². The van der Waals surface area contributed by atoms with Crippen LogP contribution in [0.1, 0.15) is 49.6 Å². The number of hydrogen-bond acceptors (Lipinski definition) is 6. The van der Waals surface area contributed by atoms with Gasteiger partial charge in [-0.2, -0.15) is 4.98 Å². The highest BCUT2D eigenvalue weighted by atomic mass is 35.5. The Morgan fingerprint density at radius 1 is 1.03 bits per heavy atom. The van der Waals surface area contributed by atoms with Crippen LogP contribution in [-0.4, -0.2) is 52.0 Å². The number of likely N-dealkylation sites (tertiary alicyclic amines) is 2. The second-order valence-electron chi connectivity index (χ2n) is 10.6. The minimum atomic E-state index is -0.0366. The van der Waals surface area contributed by atoms with E-state index in [9.17, 15) is 4.79 Å². The Labute approximate surface area is 224 Å². The molecule has 2 saturated heterocycles. The molecule has 5 rings (SSSR count). The molecule has 2 aliphatic heterocycles. The van der Waals surface area contributed by atoms with Crippen LogP contribution >= 0.6 is 11.6 Å². The van der Waals surface area contributed by atoms with Gasteiger partial charge in [0.05, 0.1) is 12.5 Å². The Morgan fingerprint density at radius 3 is 2.59 bits per heavy atom. The molecule has 2 fully saturated rings. The minimum absolute atomic E-state index is 0.0366. The maximum absolute atomic E-state index is 13.0. The first-order valence-corrected chi connectivity index (χ1v) is 13.8. The van der Waals surface area contributed by atoms with E-state index in [0.717, 1.165) is 43.0 Å². The SMILES string of the molecule is CC1CCCN(Cc2cccc(CNC(=O)C3CCCN(Cc4nc(-c5ccc(Cl)cc5)no4)C3)c2)C1. The third kappa shape index (κ3) is 7.18. The summed E-state index contributed by atoms with van der Waals surface area (Å²) in [5, 5.41) is 7.96. The Kier molecular flexibility index (Phi) is 8.54. The second-order valence-corrected chi connectivity index (χ2v) is 11.0. The quantitative estimate of drug-likeness (QED) is 0.442. The lowest BCUT2D eigenvalue weighted by atomic mass is 9.97. The molecule has 3 aromatic rings. The highest BCUT2D eigenvalue weighted by molar-refractivity contribution is 6.30. The fraction of sp³-hybridized carbons (Fsp3) is 0.483. The van der Waals surface area contributed by atoms with Crippen LogP contribution in [0.3, 0.4) is 0 Å². The van der Waals surface area contributed by atoms with Gasteiger partial charge in [0, 0.05) is 36.8 Å². The number of halogens is 1. The maximum Gasteiger partial charge on any atom is 0.241 e. The van der Waals surface area contributed by atoms with Crippen molar-refractivity contribution in [2.75, 3.05) is 26.2 Å². The van der Waals surface area contributed by atoms with Crippen LogP contribution in [0.25, 0.3) is 11.4 Å². The molecule has 7 nitrogen and oxygen atoms in total. The van der Waals surface area contributed by atoms with E-state index in [0.29, 0.717) is 36.4 Å². The van der Waals surface area contributed by atoms with Crippen molar-refractivity contribution in [1.82, 2.24) is 25.3 Å². The van der Waals surface area contributed by atoms with Crippen molar-refractivity contribution >= 4 is 17.5 Å². The van der Waals surface area contributed by atoms with Gasteiger partial charge in [-0.15, -0.1) is 0 Å². The summed E-state index contributed by atoms with van der Waals surface area (Å²) in [5.74, 6) is 1.97. The smallest absolute Gasteiger partial charge is 0.241 e. The number of amides is 1. The Balaban J connectivity index is 1.11. The van der Waals surface area contributed by atoms with Crippen LogP contribution in [0.4, 0.5) is 0 Å². The number of carbonyl (C=O) groups is 1. The summed E-state index contributed by atoms with van der Waals surface area (Å²) < 4.78 is 5.48. The van der Waals surface area contributed by atoms with Crippen LogP contribution in [0.5, 0.6) is 0 Å². The summed E-state index contributed by atoms with van der Waals surface area (Å²) in [5.41, 5.74) is 3.34. The van der Waals surface area contributed by atoms with Gasteiger partial charge >= 0.3 is 0 Å². The first-order chi connectivity index (χ1) is 18.0. The van der Waals surface area contributed by atoms with Gasteiger partial charge in [0.1, 0.15) is 0 Å². The predicted octanol–water partition coefficient (Wildman–Crippen LogP) is 5.15. The summed E-state index contributed by atoms with van der Waals surface area (Å²) >= 11 is 5.97. The standard InChI is InChI=1S/C29H36ClN5O2/c1-21-5-3-13-34(17-21)18-23-7-2-6-22(15-23)16-31-29(36)25-8-4-14-35(19-25)20-27-32-28(33-37-27)24-9-11-26(30)12-10-24/h2,6-7,9-12,15,21,25H,3-5,8,13-14,16-20H2,1H3,(H,31,36). The van der Waals surface area contributed by atoms with E-state index in [1.807, 2.05) is 24.3 Å². The van der Waals surface area contributed by atoms with Crippen molar-refractivity contribution in [2.24, 2.45) is 11.8 Å². The molecule has 0 aliphatic carbocycles. The lowest BCUT2D eigenvalue weighted by molar-refractivity contribution is -0.127. The molecule has 1 amide bonds. The van der Waals surface area contributed by atoms with Gasteiger partial charge in [-0.25, -0.2) is 0 Å². The third-order valence-electron chi connectivity index (χ3n) is 7.41. The second kappa shape index (κ2) is 12.2. The molecule has 3 heterocycles. The van der Waals surface area contributed by atoms with Gasteiger partial charge in [-0.05, 0) is 80.1 Å². The largest absolute Gasteiger partial charge is 0.352 e. The molecule has 196 valence electrons. The van der Waals surface area contributed by atoms with Crippen molar-refractivity contribution < 1.29 is 9.32 Å². The average molecular weight is 522 g/mol. The lowest BCUT2D eigenvalue weighted by Crippen LogP contribution is -2.42. The Bertz CT molecular complexity index is 1180. The van der Waals surface area contributed by atoms with Crippen molar-refractivity contribution in [3.05, 3.63) is 70.6 Å². The number of carbonyl (C=O) groups excluding carboxylic acids is 1. The molecular formula is C29H36ClN5O2. The normalized spacial score (nSPS) is 21.1. The molecule has 37 heavy (non-hydrogen) atoms. The highest BCUT2D eigenvalue weighted by Gasteiger charge is 2.27. The van der Waals surface area contributed by atoms with Crippen LogP contribution in [-0.2, 0) is 24.4 Å². The Morgan fingerprint density at radius 2 is 1.78 bits per heavy atom. The molecule has 1 aromatic heterocycles. The van der Waals surface area contributed by atoms with Crippen molar-refractivity contribution in [3.63, 3.8) is 0 Å². The molecule has 8 heteroatoms. The van der Waals surface area contributed by atoms with Gasteiger partial charge in [0.15, 0.2) is 0 Å². The van der Waals surface area contributed by atoms with Gasteiger partial charge in [-0.3, -0.25) is 14.6 Å². The summed E-state index contributed by atoms with van der Waals surface area (Å²) in [6, 6.07) is 16.0. The number of piperidine rings is 2. The number of hydrogen-bond donors (Lipinski definition) is 1. The molecule has 2 atom stereocenters. The van der Waals surface area contributed by atoms with Gasteiger partial charge < -0.3 is 9.84 Å². The number of nitrogens with one attached hydrogen (secondary N) is 1. The number of aromatic nitrogens is 2. The van der Waals surface area contributed by atoms with Crippen molar-refractivity contribution in [1.29, 1.82) is 0 Å². The fourth-order valence-electron chi connectivity index (χ4n) is 5.50. The number of benzene rings is 2. The van der Waals surface area contributed by atoms with Crippen LogP contribution < -0.4 is 5.32 Å². The van der Waals surface area contributed by atoms with Crippen molar-refractivity contribution in [3.8, 4) is 11.4 Å². The van der Waals surface area contributed by atoms with Gasteiger partial charge in [0.25, 0.3) is 0 Å². The van der Waals surface area contributed by atoms with E-state index >= 15 is 0 Å². The molecule has 1 N–H and O–H groups in total. The molecule has 2 unspecified atom stereocenters. The molecule has 0 radical (unpaired) electrons. The summed E-state index contributed by atoms with van der Waals surface area (Å²) in [6.07, 6.45) is 4.49. The Hall–Kier alpha value is -2.74. The summed E-state index contributed by atoms with van der Waals surface area (Å²) in [7, 11) is 0. The van der Waals surface area contributed by atoms with E-state index < -0.39 is 0 Å². The van der Waals surface area contributed by atoms with E-state index in [4.69, 9.17) is 16.1 Å². The highest BCUT2D eigenvalue weighted by Crippen LogP contribution is 2.22. The topological polar surface area (TPSA) is 74.5 Å². The molecule has 2 aromatic carbocycles. The van der Waals surface area contributed by atoms with Crippen LogP contribution in [0.15, 0.2) is 53.1 Å². The minimum Gasteiger partial charge on any atom is -0.352 e. The molecule has 0 bridgehead atoms. The fourth-order valence-corrected chi connectivity index (χ4v) is 5.63. The van der Waals surface area contributed by atoms with Crippen LogP contribution in [0, 0.1) is 11.8 Å². The maximum atomic E-state index is 13.0. The number of rotatable bonds is 8. The van der Waals surface area contributed by atoms with E-state index in [1.54, 1.807) is 0 Å². The molecular weight excluding hydrogens is 486 g/mol. The summed E-state index contributed by atoms with van der Waals surface area (Å²) in [6.45, 7) is 8.39. The van der Waals surface area contributed by atoms with Crippen LogP contribution in [0.2, 0.25) is 5.02 Å².